The van der Waals surface area contributed by atoms with E-state index >= 15 is 0 Å². The number of hydrogen-bond acceptors (Lipinski definition) is 3. The zero-order chi connectivity index (χ0) is 19.0. The summed E-state index contributed by atoms with van der Waals surface area (Å²) in [5.41, 5.74) is 8.42. The smallest absolute Gasteiger partial charge is 0.250 e. The summed E-state index contributed by atoms with van der Waals surface area (Å²) in [7, 11) is 0. The van der Waals surface area contributed by atoms with Gasteiger partial charge in [-0.2, -0.15) is 0 Å². The predicted molar refractivity (Wildman–Crippen MR) is 111 cm³/mol. The van der Waals surface area contributed by atoms with Crippen molar-refractivity contribution in [1.29, 1.82) is 0 Å². The van der Waals surface area contributed by atoms with Gasteiger partial charge in [-0.1, -0.05) is 30.3 Å². The van der Waals surface area contributed by atoms with E-state index in [4.69, 9.17) is 5.73 Å². The van der Waals surface area contributed by atoms with Gasteiger partial charge >= 0.3 is 0 Å². The Kier molecular flexibility index (Phi) is 4.89. The fourth-order valence-corrected chi connectivity index (χ4v) is 4.62. The number of amides is 1. The molecular formula is C22H28N4O. The molecule has 5 nitrogen and oxygen atoms in total. The Hall–Kier alpha value is -2.37. The first-order valence-electron chi connectivity index (χ1n) is 9.82. The third-order valence-corrected chi connectivity index (χ3v) is 5.55. The number of nitrogens with zero attached hydrogens (tertiary/aromatic N) is 2. The van der Waals surface area contributed by atoms with Crippen LogP contribution in [0.2, 0.25) is 0 Å². The molecule has 0 radical (unpaired) electrons. The number of nitrogens with two attached hydrogens (primary N) is 1. The largest absolute Gasteiger partial charge is 0.366 e. The van der Waals surface area contributed by atoms with Crippen LogP contribution in [0.25, 0.3) is 21.8 Å². The highest BCUT2D eigenvalue weighted by atomic mass is 16.1. The van der Waals surface area contributed by atoms with Crippen LogP contribution in [0.1, 0.15) is 30.6 Å². The van der Waals surface area contributed by atoms with Crippen LogP contribution in [-0.2, 0) is 6.54 Å². The highest BCUT2D eigenvalue weighted by Crippen LogP contribution is 2.31. The van der Waals surface area contributed by atoms with E-state index in [1.807, 2.05) is 18.2 Å². The number of piperazine rings is 1. The molecule has 1 aromatic heterocycles. The molecule has 0 spiro atoms. The Labute approximate surface area is 160 Å². The third kappa shape index (κ3) is 3.45. The lowest BCUT2D eigenvalue weighted by Gasteiger charge is -2.36. The molecule has 2 atom stereocenters. The van der Waals surface area contributed by atoms with Crippen LogP contribution in [0.5, 0.6) is 0 Å². The second-order valence-corrected chi connectivity index (χ2v) is 7.82. The van der Waals surface area contributed by atoms with Crippen LogP contribution >= 0.6 is 0 Å². The lowest BCUT2D eigenvalue weighted by molar-refractivity contribution is 0.100. The normalized spacial score (nSPS) is 21.1. The van der Waals surface area contributed by atoms with Gasteiger partial charge in [-0.25, -0.2) is 0 Å². The van der Waals surface area contributed by atoms with Crippen LogP contribution in [0.15, 0.2) is 42.5 Å². The Balaban J connectivity index is 1.65. The van der Waals surface area contributed by atoms with Crippen LogP contribution < -0.4 is 11.1 Å². The molecule has 1 saturated heterocycles. The minimum Gasteiger partial charge on any atom is -0.366 e. The molecule has 0 saturated carbocycles. The summed E-state index contributed by atoms with van der Waals surface area (Å²) in [4.78, 5) is 14.6. The zero-order valence-electron chi connectivity index (χ0n) is 16.1. The fourth-order valence-electron chi connectivity index (χ4n) is 4.62. The SMILES string of the molecule is C[C@@H]1CN(CCCn2c3ccccc3c3cccc(C(N)=O)c32)C[C@H](C)N1. The average Bonchev–Trinajstić information content (AvgIpc) is 2.95. The van der Waals surface area contributed by atoms with Gasteiger partial charge < -0.3 is 20.5 Å². The molecule has 142 valence electrons. The molecule has 1 amide bonds. The van der Waals surface area contributed by atoms with Gasteiger partial charge in [0.1, 0.15) is 0 Å². The number of carbonyl (C=O) groups is 1. The molecule has 2 aromatic carbocycles. The number of nitrogens with one attached hydrogen (secondary N) is 1. The fraction of sp³-hybridized carbons (Fsp3) is 0.409. The molecule has 1 aliphatic heterocycles. The number of carbonyl (C=O) groups excluding carboxylic acids is 1. The Morgan fingerprint density at radius 1 is 1.04 bits per heavy atom. The number of benzene rings is 2. The summed E-state index contributed by atoms with van der Waals surface area (Å²) in [6, 6.07) is 15.3. The molecule has 3 aromatic rings. The third-order valence-electron chi connectivity index (χ3n) is 5.55. The van der Waals surface area contributed by atoms with Crippen molar-refractivity contribution in [3.05, 3.63) is 48.0 Å². The van der Waals surface area contributed by atoms with Crippen LogP contribution in [0.3, 0.4) is 0 Å². The van der Waals surface area contributed by atoms with E-state index in [0.29, 0.717) is 17.6 Å². The van der Waals surface area contributed by atoms with Gasteiger partial charge in [0.15, 0.2) is 0 Å². The van der Waals surface area contributed by atoms with E-state index in [-0.39, 0.29) is 5.91 Å². The molecule has 27 heavy (non-hydrogen) atoms. The first-order chi connectivity index (χ1) is 13.0. The van der Waals surface area contributed by atoms with Crippen molar-refractivity contribution < 1.29 is 4.79 Å². The molecule has 1 fully saturated rings. The summed E-state index contributed by atoms with van der Waals surface area (Å²) < 4.78 is 2.28. The molecule has 3 N–H and O–H groups in total. The van der Waals surface area contributed by atoms with Crippen molar-refractivity contribution in [3.8, 4) is 0 Å². The van der Waals surface area contributed by atoms with Crippen molar-refractivity contribution in [2.75, 3.05) is 19.6 Å². The first kappa shape index (κ1) is 18.0. The second kappa shape index (κ2) is 7.33. The molecule has 0 unspecified atom stereocenters. The number of hydrogen-bond donors (Lipinski definition) is 2. The minimum atomic E-state index is -0.366. The first-order valence-corrected chi connectivity index (χ1v) is 9.82. The predicted octanol–water partition coefficient (Wildman–Crippen LogP) is 2.97. The van der Waals surface area contributed by atoms with Gasteiger partial charge in [-0.15, -0.1) is 0 Å². The highest BCUT2D eigenvalue weighted by Gasteiger charge is 2.21. The van der Waals surface area contributed by atoms with E-state index in [1.54, 1.807) is 0 Å². The van der Waals surface area contributed by atoms with E-state index in [1.165, 1.54) is 10.9 Å². The van der Waals surface area contributed by atoms with Crippen molar-refractivity contribution in [2.45, 2.75) is 38.9 Å². The minimum absolute atomic E-state index is 0.366. The van der Waals surface area contributed by atoms with Crippen molar-refractivity contribution >= 4 is 27.7 Å². The van der Waals surface area contributed by atoms with E-state index in [2.05, 4.69) is 52.9 Å². The number of primary amides is 1. The van der Waals surface area contributed by atoms with Crippen molar-refractivity contribution in [1.82, 2.24) is 14.8 Å². The maximum Gasteiger partial charge on any atom is 0.250 e. The van der Waals surface area contributed by atoms with Crippen molar-refractivity contribution in [2.24, 2.45) is 5.73 Å². The van der Waals surface area contributed by atoms with Crippen LogP contribution in [0, 0.1) is 0 Å². The number of rotatable bonds is 5. The standard InChI is InChI=1S/C22H28N4O/c1-15-13-25(14-16(2)24-15)11-6-12-26-20-10-4-3-7-17(20)18-8-5-9-19(21(18)26)22(23)27/h3-5,7-10,15-16,24H,6,11-14H2,1-2H3,(H2,23,27)/t15-,16+. The Morgan fingerprint density at radius 2 is 1.74 bits per heavy atom. The average molecular weight is 364 g/mol. The summed E-state index contributed by atoms with van der Waals surface area (Å²) >= 11 is 0. The van der Waals surface area contributed by atoms with E-state index in [9.17, 15) is 4.79 Å². The molecule has 0 bridgehead atoms. The molecular weight excluding hydrogens is 336 g/mol. The number of aryl methyl sites for hydroxylation is 1. The summed E-state index contributed by atoms with van der Waals surface area (Å²) in [6.07, 6.45) is 1.04. The monoisotopic (exact) mass is 364 g/mol. The number of fused-ring (bicyclic) bond motifs is 3. The lowest BCUT2D eigenvalue weighted by Crippen LogP contribution is -2.54. The quantitative estimate of drug-likeness (QED) is 0.732. The summed E-state index contributed by atoms with van der Waals surface area (Å²) in [5, 5.41) is 5.87. The lowest BCUT2D eigenvalue weighted by atomic mass is 10.1. The zero-order valence-corrected chi connectivity index (χ0v) is 16.1. The molecule has 5 heteroatoms. The number of aromatic nitrogens is 1. The van der Waals surface area contributed by atoms with Crippen LogP contribution in [0.4, 0.5) is 0 Å². The van der Waals surface area contributed by atoms with Crippen LogP contribution in [-0.4, -0.2) is 47.1 Å². The van der Waals surface area contributed by atoms with Gasteiger partial charge in [0.2, 0.25) is 0 Å². The van der Waals surface area contributed by atoms with Gasteiger partial charge in [0.05, 0.1) is 11.1 Å². The Morgan fingerprint density at radius 3 is 2.48 bits per heavy atom. The Bertz CT molecular complexity index is 967. The molecule has 0 aliphatic carbocycles. The molecule has 1 aliphatic rings. The summed E-state index contributed by atoms with van der Waals surface area (Å²) in [6.45, 7) is 8.60. The van der Waals surface area contributed by atoms with E-state index < -0.39 is 0 Å². The maximum absolute atomic E-state index is 12.0. The second-order valence-electron chi connectivity index (χ2n) is 7.82. The topological polar surface area (TPSA) is 63.3 Å². The number of para-hydroxylation sites is 2. The summed E-state index contributed by atoms with van der Waals surface area (Å²) in [5.74, 6) is -0.366. The maximum atomic E-state index is 12.0. The molecule has 2 heterocycles. The van der Waals surface area contributed by atoms with Gasteiger partial charge in [0, 0.05) is 48.0 Å². The van der Waals surface area contributed by atoms with Gasteiger partial charge in [-0.05, 0) is 38.9 Å². The van der Waals surface area contributed by atoms with Gasteiger partial charge in [-0.3, -0.25) is 4.79 Å². The van der Waals surface area contributed by atoms with E-state index in [0.717, 1.165) is 43.5 Å². The highest BCUT2D eigenvalue weighted by molar-refractivity contribution is 6.15. The van der Waals surface area contributed by atoms with Crippen molar-refractivity contribution in [3.63, 3.8) is 0 Å². The molecule has 4 rings (SSSR count). The van der Waals surface area contributed by atoms with Gasteiger partial charge in [0.25, 0.3) is 5.91 Å².